The minimum atomic E-state index is -4.31. The average molecular weight is 309 g/mol. The number of hydrogen-bond donors (Lipinski definition) is 2. The van der Waals surface area contributed by atoms with E-state index in [0.717, 1.165) is 17.4 Å². The Morgan fingerprint density at radius 2 is 2.06 bits per heavy atom. The minimum absolute atomic E-state index is 0. The Morgan fingerprint density at radius 3 is 2.56 bits per heavy atom. The van der Waals surface area contributed by atoms with Crippen molar-refractivity contribution >= 4 is 55.5 Å². The number of benzene rings is 1. The molecule has 0 fully saturated rings. The normalized spacial score (nSPS) is 11.2. The van der Waals surface area contributed by atoms with E-state index in [0.29, 0.717) is 10.2 Å². The number of nitrogens with zero attached hydrogens (tertiary/aromatic N) is 1. The number of anilines is 1. The molecule has 0 spiro atoms. The molecule has 0 atom stereocenters. The first-order valence-corrected chi connectivity index (χ1v) is 6.73. The lowest BCUT2D eigenvalue weighted by atomic mass is 10.3. The molecular formula is C9H9ClN2O4S2. The van der Waals surface area contributed by atoms with Gasteiger partial charge in [0.2, 0.25) is 0 Å². The Balaban J connectivity index is 0.00000162. The fourth-order valence-electron chi connectivity index (χ4n) is 1.33. The molecule has 0 aliphatic rings. The Labute approximate surface area is 113 Å². The Hall–Kier alpha value is -1.22. The third-order valence-corrected chi connectivity index (χ3v) is 4.03. The number of rotatable bonds is 2. The second kappa shape index (κ2) is 4.81. The number of hydrogen-bond acceptors (Lipinski definition) is 6. The van der Waals surface area contributed by atoms with E-state index in [2.05, 4.69) is 4.98 Å². The van der Waals surface area contributed by atoms with Crippen LogP contribution in [0.2, 0.25) is 0 Å². The molecule has 98 valence electrons. The zero-order valence-corrected chi connectivity index (χ0v) is 11.5. The number of fused-ring (bicyclic) bond motifs is 1. The van der Waals surface area contributed by atoms with Crippen LogP contribution in [-0.4, -0.2) is 23.7 Å². The van der Waals surface area contributed by atoms with Crippen LogP contribution >= 0.6 is 23.7 Å². The van der Waals surface area contributed by atoms with Gasteiger partial charge in [0.25, 0.3) is 10.1 Å². The van der Waals surface area contributed by atoms with Crippen LogP contribution in [0.25, 0.3) is 10.2 Å². The number of aromatic nitrogens is 1. The molecule has 0 aliphatic carbocycles. The zero-order valence-electron chi connectivity index (χ0n) is 9.08. The molecule has 0 radical (unpaired) electrons. The molecule has 1 heterocycles. The van der Waals surface area contributed by atoms with E-state index in [1.54, 1.807) is 0 Å². The summed E-state index contributed by atoms with van der Waals surface area (Å²) in [6.07, 6.45) is 0. The summed E-state index contributed by atoms with van der Waals surface area (Å²) in [6.45, 7) is 1.36. The van der Waals surface area contributed by atoms with Gasteiger partial charge in [0.15, 0.2) is 10.8 Å². The number of thiazole rings is 1. The van der Waals surface area contributed by atoms with Gasteiger partial charge >= 0.3 is 0 Å². The van der Waals surface area contributed by atoms with Crippen molar-refractivity contribution in [3.8, 4) is 0 Å². The van der Waals surface area contributed by atoms with Crippen molar-refractivity contribution in [1.29, 1.82) is 0 Å². The Kier molecular flexibility index (Phi) is 3.96. The quantitative estimate of drug-likeness (QED) is 0.497. The fraction of sp³-hybridized carbons (Fsp3) is 0.111. The van der Waals surface area contributed by atoms with Crippen LogP contribution in [0, 0.1) is 0 Å². The molecule has 3 N–H and O–H groups in total. The molecule has 0 bridgehead atoms. The third-order valence-electron chi connectivity index (χ3n) is 2.10. The van der Waals surface area contributed by atoms with Crippen molar-refractivity contribution in [2.75, 3.05) is 5.73 Å². The number of carbonyl (C=O) groups excluding carboxylic acids is 1. The maximum atomic E-state index is 11.1. The van der Waals surface area contributed by atoms with Crippen molar-refractivity contribution in [2.24, 2.45) is 0 Å². The molecule has 18 heavy (non-hydrogen) atoms. The number of halogens is 1. The Morgan fingerprint density at radius 1 is 1.44 bits per heavy atom. The van der Waals surface area contributed by atoms with Gasteiger partial charge < -0.3 is 5.73 Å². The van der Waals surface area contributed by atoms with E-state index in [9.17, 15) is 13.2 Å². The maximum absolute atomic E-state index is 11.1. The van der Waals surface area contributed by atoms with Crippen LogP contribution in [-0.2, 0) is 10.1 Å². The summed E-state index contributed by atoms with van der Waals surface area (Å²) in [5, 5.41) is 0.249. The topological polar surface area (TPSA) is 110 Å². The van der Waals surface area contributed by atoms with Gasteiger partial charge in [0, 0.05) is 6.92 Å². The van der Waals surface area contributed by atoms with Gasteiger partial charge in [-0.15, -0.1) is 23.7 Å². The number of carbonyl (C=O) groups is 1. The second-order valence-electron chi connectivity index (χ2n) is 3.41. The second-order valence-corrected chi connectivity index (χ2v) is 5.86. The zero-order chi connectivity index (χ0) is 12.8. The van der Waals surface area contributed by atoms with Gasteiger partial charge in [-0.1, -0.05) is 0 Å². The largest absolute Gasteiger partial charge is 0.397 e. The predicted molar refractivity (Wildman–Crippen MR) is 71.1 cm³/mol. The summed E-state index contributed by atoms with van der Waals surface area (Å²) in [7, 11) is -4.31. The highest BCUT2D eigenvalue weighted by Crippen LogP contribution is 2.30. The molecular weight excluding hydrogens is 300 g/mol. The standard InChI is InChI=1S/C9H8N2O4S2.ClH/c1-4(12)9-11-8-6(10)2-5(17(13,14)15)3-7(8)16-9;/h2-3H,10H2,1H3,(H,13,14,15);1H. The molecule has 1 aromatic heterocycles. The minimum Gasteiger partial charge on any atom is -0.397 e. The highest BCUT2D eigenvalue weighted by Gasteiger charge is 2.16. The summed E-state index contributed by atoms with van der Waals surface area (Å²) in [5.41, 5.74) is 6.10. The van der Waals surface area contributed by atoms with E-state index >= 15 is 0 Å². The summed E-state index contributed by atoms with van der Waals surface area (Å²) in [5.74, 6) is -0.223. The molecule has 0 unspecified atom stereocenters. The lowest BCUT2D eigenvalue weighted by molar-refractivity contribution is 0.101. The van der Waals surface area contributed by atoms with Crippen LogP contribution in [0.3, 0.4) is 0 Å². The molecule has 0 saturated carbocycles. The highest BCUT2D eigenvalue weighted by atomic mass is 35.5. The molecule has 1 aromatic carbocycles. The Bertz CT molecular complexity index is 723. The van der Waals surface area contributed by atoms with E-state index in [-0.39, 0.29) is 33.8 Å². The van der Waals surface area contributed by atoms with Crippen LogP contribution in [0.15, 0.2) is 17.0 Å². The number of ketones is 1. The predicted octanol–water partition coefficient (Wildman–Crippen LogP) is 1.75. The summed E-state index contributed by atoms with van der Waals surface area (Å²) in [4.78, 5) is 14.8. The van der Waals surface area contributed by atoms with Gasteiger partial charge in [-0.25, -0.2) is 4.98 Å². The summed E-state index contributed by atoms with van der Waals surface area (Å²) < 4.78 is 31.3. The van der Waals surface area contributed by atoms with Crippen molar-refractivity contribution < 1.29 is 17.8 Å². The van der Waals surface area contributed by atoms with Crippen molar-refractivity contribution in [2.45, 2.75) is 11.8 Å². The molecule has 0 saturated heterocycles. The summed E-state index contributed by atoms with van der Waals surface area (Å²) >= 11 is 1.03. The van der Waals surface area contributed by atoms with Crippen LogP contribution < -0.4 is 5.73 Å². The van der Waals surface area contributed by atoms with Gasteiger partial charge in [-0.3, -0.25) is 9.35 Å². The highest BCUT2D eigenvalue weighted by molar-refractivity contribution is 7.85. The first kappa shape index (κ1) is 14.8. The number of Topliss-reactive ketones (excluding diaryl/α,β-unsaturated/α-hetero) is 1. The summed E-state index contributed by atoms with van der Waals surface area (Å²) in [6, 6.07) is 2.35. The van der Waals surface area contributed by atoms with Crippen molar-refractivity contribution in [3.63, 3.8) is 0 Å². The van der Waals surface area contributed by atoms with Crippen molar-refractivity contribution in [1.82, 2.24) is 4.98 Å². The van der Waals surface area contributed by atoms with Crippen LogP contribution in [0.4, 0.5) is 5.69 Å². The molecule has 0 amide bonds. The smallest absolute Gasteiger partial charge is 0.294 e. The van der Waals surface area contributed by atoms with Crippen LogP contribution in [0.5, 0.6) is 0 Å². The molecule has 0 aliphatic heterocycles. The molecule has 9 heteroatoms. The van der Waals surface area contributed by atoms with E-state index < -0.39 is 10.1 Å². The third kappa shape index (κ3) is 2.61. The van der Waals surface area contributed by atoms with E-state index in [4.69, 9.17) is 10.3 Å². The molecule has 6 nitrogen and oxygen atoms in total. The average Bonchev–Trinajstić information content (AvgIpc) is 2.60. The molecule has 2 aromatic rings. The SMILES string of the molecule is CC(=O)c1nc2c(N)cc(S(=O)(=O)O)cc2s1.Cl. The van der Waals surface area contributed by atoms with E-state index in [1.807, 2.05) is 0 Å². The number of nitrogen functional groups attached to an aromatic ring is 1. The first-order chi connectivity index (χ1) is 7.79. The van der Waals surface area contributed by atoms with Gasteiger partial charge in [0.05, 0.1) is 15.3 Å². The number of nitrogens with two attached hydrogens (primary N) is 1. The lowest BCUT2D eigenvalue weighted by Crippen LogP contribution is -1.99. The lowest BCUT2D eigenvalue weighted by Gasteiger charge is -1.99. The van der Waals surface area contributed by atoms with Crippen molar-refractivity contribution in [3.05, 3.63) is 17.1 Å². The molecule has 2 rings (SSSR count). The van der Waals surface area contributed by atoms with Gasteiger partial charge in [-0.2, -0.15) is 8.42 Å². The van der Waals surface area contributed by atoms with E-state index in [1.165, 1.54) is 13.0 Å². The first-order valence-electron chi connectivity index (χ1n) is 4.47. The maximum Gasteiger partial charge on any atom is 0.294 e. The van der Waals surface area contributed by atoms with Crippen LogP contribution in [0.1, 0.15) is 16.7 Å². The fourth-order valence-corrected chi connectivity index (χ4v) is 2.88. The van der Waals surface area contributed by atoms with Gasteiger partial charge in [-0.05, 0) is 12.1 Å². The monoisotopic (exact) mass is 308 g/mol. The van der Waals surface area contributed by atoms with Gasteiger partial charge in [0.1, 0.15) is 5.52 Å².